The average molecular weight is 1170 g/mol. The molecular weight excluding hydrogens is 1090 g/mol. The number of aliphatic hydroxyl groups is 16. The van der Waals surface area contributed by atoms with Crippen molar-refractivity contribution in [2.24, 2.45) is 0 Å². The first kappa shape index (κ1) is 84.2. The molecule has 24 N–H and O–H groups in total. The van der Waals surface area contributed by atoms with Crippen LogP contribution in [0.15, 0.2) is 0 Å². The van der Waals surface area contributed by atoms with E-state index < -0.39 is 197 Å². The van der Waals surface area contributed by atoms with Crippen LogP contribution in [-0.4, -0.2) is 320 Å². The van der Waals surface area contributed by atoms with E-state index in [2.05, 4.69) is 0 Å². The summed E-state index contributed by atoms with van der Waals surface area (Å²) in [5.41, 5.74) is 0. The van der Waals surface area contributed by atoms with E-state index in [0.717, 1.165) is 55.4 Å². The van der Waals surface area contributed by atoms with Gasteiger partial charge in [0.15, 0.2) is 25.2 Å². The number of aliphatic carboxylic acids is 8. The first-order chi connectivity index (χ1) is 35.5. The predicted molar refractivity (Wildman–Crippen MR) is 244 cm³/mol. The molecule has 464 valence electrons. The van der Waals surface area contributed by atoms with Crippen LogP contribution in [0.3, 0.4) is 0 Å². The van der Waals surface area contributed by atoms with E-state index in [9.17, 15) is 71.5 Å². The fraction of sp³-hybridized carbons (Fsp3) is 0.800. The maximum absolute atomic E-state index is 9.94. The number of rotatable bonds is 8. The molecule has 0 amide bonds. The summed E-state index contributed by atoms with van der Waals surface area (Å²) in [6.07, 6.45) is -31.1. The van der Waals surface area contributed by atoms with Gasteiger partial charge in [-0.25, -0.2) is 0 Å². The van der Waals surface area contributed by atoms with Gasteiger partial charge in [0.25, 0.3) is 47.8 Å². The van der Waals surface area contributed by atoms with Crippen molar-refractivity contribution in [3.63, 3.8) is 0 Å². The quantitative estimate of drug-likeness (QED) is 0.107. The molecule has 38 heteroatoms. The van der Waals surface area contributed by atoms with Crippen LogP contribution in [0.1, 0.15) is 55.4 Å². The number of ether oxygens (including phenoxy) is 6. The van der Waals surface area contributed by atoms with Gasteiger partial charge in [0, 0.05) is 55.4 Å². The summed E-state index contributed by atoms with van der Waals surface area (Å²) in [7, 11) is 0. The number of carboxylic acid groups (broad SMARTS) is 8. The third-order valence-corrected chi connectivity index (χ3v) is 7.96. The zero-order chi connectivity index (χ0) is 63.2. The van der Waals surface area contributed by atoms with Gasteiger partial charge in [-0.2, -0.15) is 0 Å². The molecule has 4 aliphatic rings. The number of hydrogen-bond acceptors (Lipinski definition) is 30. The molecule has 78 heavy (non-hydrogen) atoms. The topological polar surface area (TPSA) is 677 Å². The molecule has 0 bridgehead atoms. The van der Waals surface area contributed by atoms with Gasteiger partial charge in [0.1, 0.15) is 97.7 Å². The molecule has 4 rings (SSSR count). The van der Waals surface area contributed by atoms with Crippen molar-refractivity contribution in [1.29, 1.82) is 0 Å². The molecule has 4 saturated heterocycles. The van der Waals surface area contributed by atoms with Crippen molar-refractivity contribution in [1.82, 2.24) is 0 Å². The fourth-order valence-corrected chi connectivity index (χ4v) is 5.14. The SMILES string of the molecule is CC(=O)O.CC(=O)O.CC(=O)O.CC(=O)O.CC(=O)O.CC(=O)O.CC(=O)O.CC(=O)O.OC[C@H]1O[C@@H](O[C@H]2[C@H](O)[C@@H](O)[C@H](O)O[C@@H]2CO)[C@H](O)[C@@H](O)[C@@H]1O.OC[C@H]1O[C@@H](O[C@H]2[C@H](O)[C@@H](O)[C@H](O)O[C@@H]2CO)[C@H](O)[C@@H](O)[C@@H]1O. The van der Waals surface area contributed by atoms with E-state index in [-0.39, 0.29) is 0 Å². The zero-order valence-corrected chi connectivity index (χ0v) is 42.8. The van der Waals surface area contributed by atoms with Crippen LogP contribution in [0.25, 0.3) is 0 Å². The molecule has 0 aromatic carbocycles. The van der Waals surface area contributed by atoms with Crippen molar-refractivity contribution in [3.8, 4) is 0 Å². The Labute approximate surface area is 441 Å². The zero-order valence-electron chi connectivity index (χ0n) is 42.8. The molecular formula is C40H76O38. The highest BCUT2D eigenvalue weighted by Gasteiger charge is 2.52. The second-order valence-electron chi connectivity index (χ2n) is 15.2. The van der Waals surface area contributed by atoms with Crippen LogP contribution in [0.2, 0.25) is 0 Å². The number of hydrogen-bond donors (Lipinski definition) is 24. The second-order valence-corrected chi connectivity index (χ2v) is 15.2. The van der Waals surface area contributed by atoms with Gasteiger partial charge in [-0.05, 0) is 0 Å². The van der Waals surface area contributed by atoms with Gasteiger partial charge < -0.3 is 151 Å². The van der Waals surface area contributed by atoms with E-state index in [0.29, 0.717) is 0 Å². The lowest BCUT2D eigenvalue weighted by atomic mass is 9.97. The Morgan fingerprint density at radius 1 is 0.282 bits per heavy atom. The normalized spacial score (nSPS) is 33.0. The molecule has 0 radical (unpaired) electrons. The number of carboxylic acids is 8. The Bertz CT molecular complexity index is 1420. The van der Waals surface area contributed by atoms with Gasteiger partial charge >= 0.3 is 0 Å². The Hall–Kier alpha value is -5.12. The molecule has 0 aromatic rings. The van der Waals surface area contributed by atoms with Crippen LogP contribution < -0.4 is 0 Å². The maximum Gasteiger partial charge on any atom is 0.300 e. The maximum atomic E-state index is 9.94. The highest BCUT2D eigenvalue weighted by molar-refractivity contribution is 5.64. The van der Waals surface area contributed by atoms with Crippen LogP contribution in [-0.2, 0) is 66.8 Å². The molecule has 0 aromatic heterocycles. The summed E-state index contributed by atoms with van der Waals surface area (Å²) >= 11 is 0. The average Bonchev–Trinajstić information content (AvgIpc) is 3.28. The first-order valence-electron chi connectivity index (χ1n) is 21.6. The first-order valence-corrected chi connectivity index (χ1v) is 21.6. The lowest BCUT2D eigenvalue weighted by Gasteiger charge is -2.45. The van der Waals surface area contributed by atoms with Crippen molar-refractivity contribution in [3.05, 3.63) is 0 Å². The predicted octanol–water partition coefficient (Wildman–Crippen LogP) is -10.1. The highest BCUT2D eigenvalue weighted by atomic mass is 16.7. The monoisotopic (exact) mass is 1160 g/mol. The molecule has 38 nitrogen and oxygen atoms in total. The van der Waals surface area contributed by atoms with Crippen molar-refractivity contribution in [2.75, 3.05) is 26.4 Å². The van der Waals surface area contributed by atoms with Crippen molar-refractivity contribution >= 4 is 47.8 Å². The minimum atomic E-state index is -1.74. The van der Waals surface area contributed by atoms with Crippen LogP contribution >= 0.6 is 0 Å². The van der Waals surface area contributed by atoms with Gasteiger partial charge in [-0.1, -0.05) is 0 Å². The molecule has 4 aliphatic heterocycles. The molecule has 4 fully saturated rings. The molecule has 20 atom stereocenters. The molecule has 0 aliphatic carbocycles. The van der Waals surface area contributed by atoms with Crippen molar-refractivity contribution < 1.29 is 189 Å². The van der Waals surface area contributed by atoms with E-state index in [1.807, 2.05) is 0 Å². The summed E-state index contributed by atoms with van der Waals surface area (Å²) in [5, 5.41) is 212. The van der Waals surface area contributed by atoms with E-state index >= 15 is 0 Å². The highest BCUT2D eigenvalue weighted by Crippen LogP contribution is 2.30. The Morgan fingerprint density at radius 2 is 0.462 bits per heavy atom. The van der Waals surface area contributed by atoms with E-state index in [4.69, 9.17) is 118 Å². The fourth-order valence-electron chi connectivity index (χ4n) is 5.14. The molecule has 0 saturated carbocycles. The third kappa shape index (κ3) is 41.9. The molecule has 0 spiro atoms. The summed E-state index contributed by atoms with van der Waals surface area (Å²) in [4.78, 5) is 72.0. The molecule has 0 unspecified atom stereocenters. The Kier molecular flexibility index (Phi) is 49.3. The lowest BCUT2D eigenvalue weighted by Crippen LogP contribution is -2.64. The summed E-state index contributed by atoms with van der Waals surface area (Å²) in [5.74, 6) is -6.67. The summed E-state index contributed by atoms with van der Waals surface area (Å²) < 4.78 is 30.5. The van der Waals surface area contributed by atoms with Gasteiger partial charge in [0.2, 0.25) is 0 Å². The summed E-state index contributed by atoms with van der Waals surface area (Å²) in [6, 6.07) is 0. The largest absolute Gasteiger partial charge is 0.481 e. The standard InChI is InChI=1S/2C12H22O11.8C2H4O2/c2*13-1-3-5(15)6(16)9(19)12(22-3)23-10-4(2-14)21-11(20)8(18)7(10)17;8*1-2(3)4/h2*3-20H,1-2H2;8*1H3,(H,3,4)/t2*3-,4-,5-,6+,7-,8-,9-,10-,11-,12+;;;;;;;;/m11......../s1. The Balaban J connectivity index is -0.000000215. The van der Waals surface area contributed by atoms with Gasteiger partial charge in [-0.3, -0.25) is 38.4 Å². The molecule has 4 heterocycles. The van der Waals surface area contributed by atoms with Gasteiger partial charge in [-0.15, -0.1) is 0 Å². The minimum Gasteiger partial charge on any atom is -0.481 e. The smallest absolute Gasteiger partial charge is 0.300 e. The van der Waals surface area contributed by atoms with Crippen LogP contribution in [0.4, 0.5) is 0 Å². The van der Waals surface area contributed by atoms with Crippen LogP contribution in [0, 0.1) is 0 Å². The van der Waals surface area contributed by atoms with E-state index in [1.165, 1.54) is 0 Å². The summed E-state index contributed by atoms with van der Waals surface area (Å²) in [6.45, 7) is 5.98. The second kappa shape index (κ2) is 45.7. The minimum absolute atomic E-state index is 0.667. The Morgan fingerprint density at radius 3 is 0.628 bits per heavy atom. The third-order valence-electron chi connectivity index (χ3n) is 7.96. The van der Waals surface area contributed by atoms with E-state index in [1.54, 1.807) is 0 Å². The number of aliphatic hydroxyl groups excluding tert-OH is 16. The van der Waals surface area contributed by atoms with Crippen LogP contribution in [0.5, 0.6) is 0 Å². The number of carbonyl (C=O) groups is 8. The van der Waals surface area contributed by atoms with Crippen molar-refractivity contribution in [2.45, 2.75) is 178 Å². The van der Waals surface area contributed by atoms with Gasteiger partial charge in [0.05, 0.1) is 26.4 Å². The lowest BCUT2D eigenvalue weighted by molar-refractivity contribution is -0.355.